The van der Waals surface area contributed by atoms with E-state index in [9.17, 15) is 4.79 Å². The van der Waals surface area contributed by atoms with Crippen LogP contribution in [0.5, 0.6) is 0 Å². The van der Waals surface area contributed by atoms with Gasteiger partial charge in [0, 0.05) is 50.7 Å². The molecule has 1 fully saturated rings. The average molecular weight is 285 g/mol. The van der Waals surface area contributed by atoms with Crippen molar-refractivity contribution >= 4 is 5.91 Å². The molecule has 1 aromatic rings. The van der Waals surface area contributed by atoms with Crippen LogP contribution in [0.25, 0.3) is 0 Å². The average Bonchev–Trinajstić information content (AvgIpc) is 2.57. The number of piperazine rings is 1. The standard InChI is InChI=1S/C17H23N3O/c21-17(16-6-8-18-9-7-16)20-12-10-19(11-13-20)14-15-4-2-1-3-5-15/h1-2,6-9,15H,3-5,10-14H2. The zero-order valence-electron chi connectivity index (χ0n) is 12.4. The van der Waals surface area contributed by atoms with Gasteiger partial charge in [-0.25, -0.2) is 0 Å². The van der Waals surface area contributed by atoms with E-state index < -0.39 is 0 Å². The second-order valence-corrected chi connectivity index (χ2v) is 5.98. The van der Waals surface area contributed by atoms with Gasteiger partial charge in [0.1, 0.15) is 0 Å². The molecular weight excluding hydrogens is 262 g/mol. The molecule has 3 rings (SSSR count). The van der Waals surface area contributed by atoms with Crippen molar-refractivity contribution < 1.29 is 4.79 Å². The first-order valence-electron chi connectivity index (χ1n) is 7.89. The van der Waals surface area contributed by atoms with Crippen molar-refractivity contribution in [2.45, 2.75) is 19.3 Å². The predicted molar refractivity (Wildman–Crippen MR) is 83.1 cm³/mol. The monoisotopic (exact) mass is 285 g/mol. The predicted octanol–water partition coefficient (Wildman–Crippen LogP) is 2.20. The van der Waals surface area contributed by atoms with E-state index in [-0.39, 0.29) is 5.91 Å². The zero-order valence-corrected chi connectivity index (χ0v) is 12.4. The highest BCUT2D eigenvalue weighted by atomic mass is 16.2. The lowest BCUT2D eigenvalue weighted by molar-refractivity contribution is 0.0614. The fourth-order valence-electron chi connectivity index (χ4n) is 3.20. The Labute approximate surface area is 126 Å². The highest BCUT2D eigenvalue weighted by Gasteiger charge is 2.23. The van der Waals surface area contributed by atoms with Gasteiger partial charge in [0.25, 0.3) is 5.91 Å². The summed E-state index contributed by atoms with van der Waals surface area (Å²) >= 11 is 0. The van der Waals surface area contributed by atoms with Crippen LogP contribution < -0.4 is 0 Å². The van der Waals surface area contributed by atoms with E-state index in [1.165, 1.54) is 25.8 Å². The van der Waals surface area contributed by atoms with Crippen LogP contribution in [0.15, 0.2) is 36.7 Å². The lowest BCUT2D eigenvalue weighted by Crippen LogP contribution is -2.49. The van der Waals surface area contributed by atoms with Gasteiger partial charge >= 0.3 is 0 Å². The number of rotatable bonds is 3. The van der Waals surface area contributed by atoms with Crippen LogP contribution in [0.3, 0.4) is 0 Å². The molecule has 1 saturated heterocycles. The first-order valence-corrected chi connectivity index (χ1v) is 7.89. The molecule has 1 unspecified atom stereocenters. The Morgan fingerprint density at radius 3 is 2.57 bits per heavy atom. The third-order valence-electron chi connectivity index (χ3n) is 4.48. The van der Waals surface area contributed by atoms with Crippen LogP contribution in [0.4, 0.5) is 0 Å². The Kier molecular flexibility index (Phi) is 4.65. The molecule has 1 aliphatic heterocycles. The minimum absolute atomic E-state index is 0.137. The van der Waals surface area contributed by atoms with E-state index in [4.69, 9.17) is 0 Å². The van der Waals surface area contributed by atoms with Gasteiger partial charge in [0.2, 0.25) is 0 Å². The van der Waals surface area contributed by atoms with E-state index in [0.29, 0.717) is 0 Å². The molecule has 0 bridgehead atoms. The number of carbonyl (C=O) groups is 1. The smallest absolute Gasteiger partial charge is 0.254 e. The number of carbonyl (C=O) groups excluding carboxylic acids is 1. The highest BCUT2D eigenvalue weighted by Crippen LogP contribution is 2.20. The molecule has 1 amide bonds. The fourth-order valence-corrected chi connectivity index (χ4v) is 3.20. The first kappa shape index (κ1) is 14.3. The van der Waals surface area contributed by atoms with Crippen LogP contribution in [0, 0.1) is 5.92 Å². The van der Waals surface area contributed by atoms with Crippen molar-refractivity contribution in [1.82, 2.24) is 14.8 Å². The molecule has 0 aromatic carbocycles. The highest BCUT2D eigenvalue weighted by molar-refractivity contribution is 5.94. The molecule has 0 spiro atoms. The molecule has 0 N–H and O–H groups in total. The maximum absolute atomic E-state index is 12.4. The number of allylic oxidation sites excluding steroid dienone is 2. The SMILES string of the molecule is O=C(c1ccncc1)N1CCN(CC2CC=CCC2)CC1. The van der Waals surface area contributed by atoms with Crippen molar-refractivity contribution in [1.29, 1.82) is 0 Å². The summed E-state index contributed by atoms with van der Waals surface area (Å²) in [5, 5.41) is 0. The summed E-state index contributed by atoms with van der Waals surface area (Å²) in [5.41, 5.74) is 0.746. The summed E-state index contributed by atoms with van der Waals surface area (Å²) in [4.78, 5) is 20.8. The van der Waals surface area contributed by atoms with Crippen molar-refractivity contribution in [2.75, 3.05) is 32.7 Å². The summed E-state index contributed by atoms with van der Waals surface area (Å²) < 4.78 is 0. The first-order chi connectivity index (χ1) is 10.3. The van der Waals surface area contributed by atoms with Crippen LogP contribution >= 0.6 is 0 Å². The molecule has 4 heteroatoms. The van der Waals surface area contributed by atoms with Gasteiger partial charge in [-0.3, -0.25) is 14.7 Å². The normalized spacial score (nSPS) is 23.2. The van der Waals surface area contributed by atoms with Crippen molar-refractivity contribution in [3.63, 3.8) is 0 Å². The lowest BCUT2D eigenvalue weighted by Gasteiger charge is -2.36. The summed E-state index contributed by atoms with van der Waals surface area (Å²) in [7, 11) is 0. The Bertz CT molecular complexity index is 492. The third-order valence-corrected chi connectivity index (χ3v) is 4.48. The Morgan fingerprint density at radius 1 is 1.14 bits per heavy atom. The number of hydrogen-bond acceptors (Lipinski definition) is 3. The van der Waals surface area contributed by atoms with Crippen LogP contribution in [-0.4, -0.2) is 53.4 Å². The molecule has 0 saturated carbocycles. The molecule has 1 aliphatic carbocycles. The molecule has 1 aromatic heterocycles. The van der Waals surface area contributed by atoms with Gasteiger partial charge in [0.15, 0.2) is 0 Å². The summed E-state index contributed by atoms with van der Waals surface area (Å²) in [5.74, 6) is 0.940. The second kappa shape index (κ2) is 6.85. The number of aromatic nitrogens is 1. The molecule has 4 nitrogen and oxygen atoms in total. The molecule has 1 atom stereocenters. The van der Waals surface area contributed by atoms with Crippen LogP contribution in [0.2, 0.25) is 0 Å². The molecule has 21 heavy (non-hydrogen) atoms. The Balaban J connectivity index is 1.48. The quantitative estimate of drug-likeness (QED) is 0.799. The minimum atomic E-state index is 0.137. The Morgan fingerprint density at radius 2 is 1.90 bits per heavy atom. The van der Waals surface area contributed by atoms with Gasteiger partial charge in [-0.15, -0.1) is 0 Å². The van der Waals surface area contributed by atoms with Crippen molar-refractivity contribution in [3.8, 4) is 0 Å². The number of amides is 1. The van der Waals surface area contributed by atoms with Crippen molar-refractivity contribution in [2.24, 2.45) is 5.92 Å². The van der Waals surface area contributed by atoms with E-state index in [2.05, 4.69) is 22.0 Å². The van der Waals surface area contributed by atoms with Gasteiger partial charge < -0.3 is 4.90 Å². The number of pyridine rings is 1. The second-order valence-electron chi connectivity index (χ2n) is 5.98. The van der Waals surface area contributed by atoms with Crippen molar-refractivity contribution in [3.05, 3.63) is 42.2 Å². The molecule has 112 valence electrons. The maximum atomic E-state index is 12.4. The van der Waals surface area contributed by atoms with Gasteiger partial charge in [-0.1, -0.05) is 12.2 Å². The van der Waals surface area contributed by atoms with E-state index >= 15 is 0 Å². The third kappa shape index (κ3) is 3.70. The van der Waals surface area contributed by atoms with Crippen LogP contribution in [-0.2, 0) is 0 Å². The summed E-state index contributed by atoms with van der Waals surface area (Å²) in [6, 6.07) is 3.59. The van der Waals surface area contributed by atoms with E-state index in [1.807, 2.05) is 4.90 Å². The van der Waals surface area contributed by atoms with Gasteiger partial charge in [-0.05, 0) is 37.3 Å². The summed E-state index contributed by atoms with van der Waals surface area (Å²) in [6.07, 6.45) is 11.7. The molecular formula is C17H23N3O. The molecule has 2 heterocycles. The maximum Gasteiger partial charge on any atom is 0.254 e. The van der Waals surface area contributed by atoms with Gasteiger partial charge in [-0.2, -0.15) is 0 Å². The largest absolute Gasteiger partial charge is 0.336 e. The topological polar surface area (TPSA) is 36.4 Å². The van der Waals surface area contributed by atoms with Gasteiger partial charge in [0.05, 0.1) is 0 Å². The molecule has 2 aliphatic rings. The zero-order chi connectivity index (χ0) is 14.5. The van der Waals surface area contributed by atoms with E-state index in [0.717, 1.165) is 37.7 Å². The lowest BCUT2D eigenvalue weighted by atomic mass is 9.94. The Hall–Kier alpha value is -1.68. The minimum Gasteiger partial charge on any atom is -0.336 e. The fraction of sp³-hybridized carbons (Fsp3) is 0.529. The summed E-state index contributed by atoms with van der Waals surface area (Å²) in [6.45, 7) is 4.85. The molecule has 0 radical (unpaired) electrons. The van der Waals surface area contributed by atoms with E-state index in [1.54, 1.807) is 24.5 Å². The van der Waals surface area contributed by atoms with Crippen LogP contribution in [0.1, 0.15) is 29.6 Å². The number of hydrogen-bond donors (Lipinski definition) is 0. The number of nitrogens with zero attached hydrogens (tertiary/aromatic N) is 3.